The highest BCUT2D eigenvalue weighted by Crippen LogP contribution is 2.26. The summed E-state index contributed by atoms with van der Waals surface area (Å²) in [6.45, 7) is 0. The molecule has 3 aromatic heterocycles. The van der Waals surface area contributed by atoms with Gasteiger partial charge in [-0.2, -0.15) is 8.75 Å². The summed E-state index contributed by atoms with van der Waals surface area (Å²) < 4.78 is 35.9. The molecule has 0 atom stereocenters. The van der Waals surface area contributed by atoms with Gasteiger partial charge in [0.25, 0.3) is 10.0 Å². The minimum Gasteiger partial charge on any atom is -0.345 e. The van der Waals surface area contributed by atoms with Gasteiger partial charge in [-0.1, -0.05) is 11.6 Å². The van der Waals surface area contributed by atoms with Gasteiger partial charge < -0.3 is 4.98 Å². The monoisotopic (exact) mass is 365 g/mol. The average molecular weight is 366 g/mol. The van der Waals surface area contributed by atoms with Crippen LogP contribution in [0.15, 0.2) is 41.4 Å². The summed E-state index contributed by atoms with van der Waals surface area (Å²) in [5, 5.41) is 0.760. The number of aromatic nitrogens is 4. The highest BCUT2D eigenvalue weighted by Gasteiger charge is 2.20. The summed E-state index contributed by atoms with van der Waals surface area (Å²) in [4.78, 5) is 6.97. The number of anilines is 1. The SMILES string of the molecule is O=S(=O)(Nc1ccc2nsnc2c1)c1c[nH]c2nc(Cl)ccc12. The highest BCUT2D eigenvalue weighted by molar-refractivity contribution is 7.93. The maximum Gasteiger partial charge on any atom is 0.264 e. The Hall–Kier alpha value is -2.23. The second-order valence-electron chi connectivity index (χ2n) is 4.76. The molecule has 0 amide bonds. The van der Waals surface area contributed by atoms with Crippen molar-refractivity contribution >= 4 is 61.1 Å². The Kier molecular flexibility index (Phi) is 3.22. The van der Waals surface area contributed by atoms with E-state index in [9.17, 15) is 8.42 Å². The molecule has 0 bridgehead atoms. The predicted molar refractivity (Wildman–Crippen MR) is 89.3 cm³/mol. The zero-order valence-corrected chi connectivity index (χ0v) is 13.7. The van der Waals surface area contributed by atoms with Crippen molar-refractivity contribution in [1.29, 1.82) is 0 Å². The molecule has 3 heterocycles. The Morgan fingerprint density at radius 2 is 1.96 bits per heavy atom. The molecule has 0 unspecified atom stereocenters. The lowest BCUT2D eigenvalue weighted by atomic mass is 10.3. The van der Waals surface area contributed by atoms with Gasteiger partial charge in [-0.05, 0) is 30.3 Å². The van der Waals surface area contributed by atoms with E-state index < -0.39 is 10.0 Å². The molecule has 10 heteroatoms. The third kappa shape index (κ3) is 2.52. The van der Waals surface area contributed by atoms with Crippen LogP contribution in [0.5, 0.6) is 0 Å². The van der Waals surface area contributed by atoms with E-state index in [1.54, 1.807) is 30.3 Å². The molecule has 0 saturated heterocycles. The lowest BCUT2D eigenvalue weighted by molar-refractivity contribution is 0.602. The second-order valence-corrected chi connectivity index (χ2v) is 7.32. The van der Waals surface area contributed by atoms with Crippen molar-refractivity contribution < 1.29 is 8.42 Å². The van der Waals surface area contributed by atoms with Crippen LogP contribution in [0.2, 0.25) is 5.15 Å². The van der Waals surface area contributed by atoms with Crippen LogP contribution < -0.4 is 4.72 Å². The number of sulfonamides is 1. The van der Waals surface area contributed by atoms with Gasteiger partial charge in [0.15, 0.2) is 0 Å². The van der Waals surface area contributed by atoms with Crippen molar-refractivity contribution in [3.8, 4) is 0 Å². The molecule has 0 aliphatic heterocycles. The molecule has 0 fully saturated rings. The molecule has 23 heavy (non-hydrogen) atoms. The van der Waals surface area contributed by atoms with Crippen LogP contribution in [0.25, 0.3) is 22.1 Å². The minimum absolute atomic E-state index is 0.105. The molecule has 2 N–H and O–H groups in total. The molecule has 7 nitrogen and oxygen atoms in total. The number of H-pyrrole nitrogens is 1. The molecule has 4 aromatic rings. The third-order valence-corrected chi connectivity index (χ3v) is 5.45. The van der Waals surface area contributed by atoms with E-state index in [0.717, 1.165) is 17.2 Å². The Bertz CT molecular complexity index is 1140. The number of hydrogen-bond acceptors (Lipinski definition) is 6. The van der Waals surface area contributed by atoms with Gasteiger partial charge in [-0.15, -0.1) is 0 Å². The van der Waals surface area contributed by atoms with Crippen molar-refractivity contribution in [1.82, 2.24) is 18.7 Å². The summed E-state index contributed by atoms with van der Waals surface area (Å²) in [6, 6.07) is 8.16. The number of hydrogen-bond donors (Lipinski definition) is 2. The van der Waals surface area contributed by atoms with Gasteiger partial charge >= 0.3 is 0 Å². The largest absolute Gasteiger partial charge is 0.345 e. The molecular weight excluding hydrogens is 358 g/mol. The first-order chi connectivity index (χ1) is 11.0. The van der Waals surface area contributed by atoms with Gasteiger partial charge in [0.05, 0.1) is 17.4 Å². The Labute approximate surface area is 139 Å². The van der Waals surface area contributed by atoms with Crippen LogP contribution in [0.3, 0.4) is 0 Å². The zero-order valence-electron chi connectivity index (χ0n) is 11.3. The number of rotatable bonds is 3. The molecule has 0 spiro atoms. The van der Waals surface area contributed by atoms with E-state index in [1.165, 1.54) is 6.20 Å². The second kappa shape index (κ2) is 5.15. The maximum atomic E-state index is 12.6. The van der Waals surface area contributed by atoms with Gasteiger partial charge in [-0.25, -0.2) is 13.4 Å². The molecule has 0 radical (unpaired) electrons. The number of benzene rings is 1. The topological polar surface area (TPSA) is 101 Å². The van der Waals surface area contributed by atoms with Crippen LogP contribution in [-0.2, 0) is 10.0 Å². The van der Waals surface area contributed by atoms with E-state index in [1.807, 2.05) is 0 Å². The summed E-state index contributed by atoms with van der Waals surface area (Å²) in [5.41, 5.74) is 2.20. The smallest absolute Gasteiger partial charge is 0.264 e. The number of nitrogens with zero attached hydrogens (tertiary/aromatic N) is 3. The Morgan fingerprint density at radius 3 is 2.83 bits per heavy atom. The van der Waals surface area contributed by atoms with E-state index in [0.29, 0.717) is 22.2 Å². The summed E-state index contributed by atoms with van der Waals surface area (Å²) in [7, 11) is -3.77. The van der Waals surface area contributed by atoms with Crippen molar-refractivity contribution in [3.05, 3.63) is 41.7 Å². The zero-order chi connectivity index (χ0) is 16.0. The van der Waals surface area contributed by atoms with Crippen LogP contribution in [0.1, 0.15) is 0 Å². The first-order valence-corrected chi connectivity index (χ1v) is 9.01. The van der Waals surface area contributed by atoms with Crippen molar-refractivity contribution in [3.63, 3.8) is 0 Å². The lowest BCUT2D eigenvalue weighted by Gasteiger charge is -2.06. The van der Waals surface area contributed by atoms with Gasteiger partial charge in [-0.3, -0.25) is 4.72 Å². The standard InChI is InChI=1S/C13H8ClN5O2S2/c14-12-4-2-8-11(6-15-13(8)16-12)23(20,21)19-7-1-3-9-10(5-7)18-22-17-9/h1-6,19H,(H,15,16). The molecular formula is C13H8ClN5O2S2. The van der Waals surface area contributed by atoms with Crippen LogP contribution >= 0.6 is 23.3 Å². The molecule has 1 aromatic carbocycles. The molecule has 0 aliphatic rings. The first kappa shape index (κ1) is 14.4. The minimum atomic E-state index is -3.77. The fraction of sp³-hybridized carbons (Fsp3) is 0. The third-order valence-electron chi connectivity index (χ3n) is 3.26. The van der Waals surface area contributed by atoms with E-state index >= 15 is 0 Å². The Balaban J connectivity index is 1.76. The normalized spacial score (nSPS) is 12.0. The van der Waals surface area contributed by atoms with Crippen LogP contribution in [0, 0.1) is 0 Å². The maximum absolute atomic E-state index is 12.6. The quantitative estimate of drug-likeness (QED) is 0.543. The summed E-state index contributed by atoms with van der Waals surface area (Å²) in [5.74, 6) is 0. The van der Waals surface area contributed by atoms with Gasteiger partial charge in [0.2, 0.25) is 0 Å². The van der Waals surface area contributed by atoms with E-state index in [-0.39, 0.29) is 10.0 Å². The molecule has 4 rings (SSSR count). The van der Waals surface area contributed by atoms with Crippen molar-refractivity contribution in [2.75, 3.05) is 4.72 Å². The lowest BCUT2D eigenvalue weighted by Crippen LogP contribution is -2.12. The molecule has 0 aliphatic carbocycles. The number of pyridine rings is 1. The summed E-state index contributed by atoms with van der Waals surface area (Å²) >= 11 is 6.89. The van der Waals surface area contributed by atoms with Gasteiger partial charge in [0.1, 0.15) is 26.7 Å². The highest BCUT2D eigenvalue weighted by atomic mass is 35.5. The number of halogens is 1. The molecule has 0 saturated carbocycles. The first-order valence-electron chi connectivity index (χ1n) is 6.42. The summed E-state index contributed by atoms with van der Waals surface area (Å²) in [6.07, 6.45) is 1.39. The van der Waals surface area contributed by atoms with E-state index in [2.05, 4.69) is 23.4 Å². The fourth-order valence-corrected chi connectivity index (χ4v) is 4.11. The van der Waals surface area contributed by atoms with Crippen LogP contribution in [0.4, 0.5) is 5.69 Å². The molecule has 116 valence electrons. The number of fused-ring (bicyclic) bond motifs is 2. The number of aromatic amines is 1. The average Bonchev–Trinajstić information content (AvgIpc) is 3.12. The number of nitrogens with one attached hydrogen (secondary N) is 2. The van der Waals surface area contributed by atoms with Crippen molar-refractivity contribution in [2.24, 2.45) is 0 Å². The van der Waals surface area contributed by atoms with Crippen molar-refractivity contribution in [2.45, 2.75) is 4.90 Å². The van der Waals surface area contributed by atoms with Gasteiger partial charge in [0, 0.05) is 11.6 Å². The predicted octanol–water partition coefficient (Wildman–Crippen LogP) is 3.02. The fourth-order valence-electron chi connectivity index (χ4n) is 2.23. The van der Waals surface area contributed by atoms with E-state index in [4.69, 9.17) is 11.6 Å². The Morgan fingerprint density at radius 1 is 1.13 bits per heavy atom. The van der Waals surface area contributed by atoms with Crippen LogP contribution in [-0.4, -0.2) is 27.1 Å².